The van der Waals surface area contributed by atoms with Crippen LogP contribution in [0, 0.1) is 23.0 Å². The Balaban J connectivity index is 1.70. The third kappa shape index (κ3) is 3.94. The molecule has 6 nitrogen and oxygen atoms in total. The molecule has 10 heteroatoms. The molecule has 0 N–H and O–H groups in total. The zero-order valence-corrected chi connectivity index (χ0v) is 17.8. The van der Waals surface area contributed by atoms with Gasteiger partial charge in [-0.3, -0.25) is 4.98 Å². The van der Waals surface area contributed by atoms with Crippen LogP contribution in [0.4, 0.5) is 14.5 Å². The van der Waals surface area contributed by atoms with Crippen molar-refractivity contribution in [1.29, 1.82) is 5.26 Å². The standard InChI is InChI=1S/C21H17ClF2N4O2S/c22-17-6-7-18(24)20-19(17)21(14(12-25)13-26-20)27-8-1-9-28(11-10-27)31(29,30)16-4-2-15(23)3-5-16/h2-7,13H,1,8-11H2. The maximum atomic E-state index is 14.3. The fourth-order valence-corrected chi connectivity index (χ4v) is 5.45. The second-order valence-corrected chi connectivity index (χ2v) is 9.43. The lowest BCUT2D eigenvalue weighted by Gasteiger charge is -2.26. The number of pyridine rings is 1. The lowest BCUT2D eigenvalue weighted by Crippen LogP contribution is -2.35. The maximum Gasteiger partial charge on any atom is 0.243 e. The molecular formula is C21H17ClF2N4O2S. The first-order valence-electron chi connectivity index (χ1n) is 9.50. The molecule has 0 bridgehead atoms. The van der Waals surface area contributed by atoms with Gasteiger partial charge in [0.25, 0.3) is 0 Å². The molecule has 160 valence electrons. The highest BCUT2D eigenvalue weighted by Gasteiger charge is 2.29. The Morgan fingerprint density at radius 1 is 1.03 bits per heavy atom. The van der Waals surface area contributed by atoms with Gasteiger partial charge in [0.15, 0.2) is 0 Å². The van der Waals surface area contributed by atoms with Crippen LogP contribution < -0.4 is 4.90 Å². The molecule has 2 heterocycles. The number of sulfonamides is 1. The maximum absolute atomic E-state index is 14.3. The van der Waals surface area contributed by atoms with Crippen LogP contribution in [0.15, 0.2) is 47.5 Å². The van der Waals surface area contributed by atoms with Gasteiger partial charge in [-0.25, -0.2) is 17.2 Å². The van der Waals surface area contributed by atoms with Crippen LogP contribution in [0.1, 0.15) is 12.0 Å². The molecule has 0 spiro atoms. The van der Waals surface area contributed by atoms with E-state index in [-0.39, 0.29) is 40.6 Å². The van der Waals surface area contributed by atoms with Gasteiger partial charge in [0.2, 0.25) is 10.0 Å². The lowest BCUT2D eigenvalue weighted by molar-refractivity contribution is 0.433. The quantitative estimate of drug-likeness (QED) is 0.589. The molecule has 0 atom stereocenters. The molecule has 31 heavy (non-hydrogen) atoms. The first-order valence-corrected chi connectivity index (χ1v) is 11.3. The molecule has 0 amide bonds. The van der Waals surface area contributed by atoms with Gasteiger partial charge in [0.1, 0.15) is 23.2 Å². The van der Waals surface area contributed by atoms with Crippen LogP contribution >= 0.6 is 11.6 Å². The van der Waals surface area contributed by atoms with Crippen molar-refractivity contribution in [2.45, 2.75) is 11.3 Å². The number of fused-ring (bicyclic) bond motifs is 1. The normalized spacial score (nSPS) is 15.6. The summed E-state index contributed by atoms with van der Waals surface area (Å²) < 4.78 is 54.8. The Morgan fingerprint density at radius 2 is 1.77 bits per heavy atom. The Bertz CT molecular complexity index is 1290. The minimum Gasteiger partial charge on any atom is -0.368 e. The molecule has 1 aliphatic heterocycles. The largest absolute Gasteiger partial charge is 0.368 e. The highest BCUT2D eigenvalue weighted by Crippen LogP contribution is 2.36. The third-order valence-electron chi connectivity index (χ3n) is 5.24. The molecule has 1 aromatic heterocycles. The number of anilines is 1. The van der Waals surface area contributed by atoms with Crippen LogP contribution in [0.5, 0.6) is 0 Å². The van der Waals surface area contributed by atoms with E-state index in [1.807, 2.05) is 4.90 Å². The summed E-state index contributed by atoms with van der Waals surface area (Å²) in [6, 6.07) is 9.38. The minimum absolute atomic E-state index is 0.0135. The number of halogens is 3. The first-order chi connectivity index (χ1) is 14.8. The van der Waals surface area contributed by atoms with Crippen LogP contribution in [0.3, 0.4) is 0 Å². The monoisotopic (exact) mass is 462 g/mol. The van der Waals surface area contributed by atoms with Crippen molar-refractivity contribution in [3.05, 3.63) is 64.8 Å². The van der Waals surface area contributed by atoms with Crippen molar-refractivity contribution in [3.8, 4) is 6.07 Å². The third-order valence-corrected chi connectivity index (χ3v) is 7.46. The number of nitrogens with zero attached hydrogens (tertiary/aromatic N) is 4. The van der Waals surface area contributed by atoms with Gasteiger partial charge < -0.3 is 4.90 Å². The number of rotatable bonds is 3. The summed E-state index contributed by atoms with van der Waals surface area (Å²) in [6.45, 7) is 1.10. The molecule has 1 aliphatic rings. The number of hydrogen-bond donors (Lipinski definition) is 0. The van der Waals surface area contributed by atoms with Crippen molar-refractivity contribution in [3.63, 3.8) is 0 Å². The van der Waals surface area contributed by atoms with E-state index >= 15 is 0 Å². The molecule has 0 radical (unpaired) electrons. The molecule has 1 fully saturated rings. The first kappa shape index (κ1) is 21.4. The van der Waals surface area contributed by atoms with Gasteiger partial charge >= 0.3 is 0 Å². The zero-order valence-electron chi connectivity index (χ0n) is 16.2. The van der Waals surface area contributed by atoms with Crippen molar-refractivity contribution in [2.24, 2.45) is 0 Å². The van der Waals surface area contributed by atoms with E-state index in [0.29, 0.717) is 24.0 Å². The Labute approximate surface area is 183 Å². The number of benzene rings is 2. The summed E-state index contributed by atoms with van der Waals surface area (Å²) in [5.41, 5.74) is 0.731. The fourth-order valence-electron chi connectivity index (χ4n) is 3.74. The van der Waals surface area contributed by atoms with Crippen LogP contribution in [0.2, 0.25) is 5.02 Å². The van der Waals surface area contributed by atoms with Crippen molar-refractivity contribution < 1.29 is 17.2 Å². The Hall–Kier alpha value is -2.80. The number of aromatic nitrogens is 1. The van der Waals surface area contributed by atoms with E-state index in [2.05, 4.69) is 11.1 Å². The fraction of sp³-hybridized carbons (Fsp3) is 0.238. The summed E-state index contributed by atoms with van der Waals surface area (Å²) in [4.78, 5) is 5.90. The van der Waals surface area contributed by atoms with Crippen LogP contribution in [-0.2, 0) is 10.0 Å². The van der Waals surface area contributed by atoms with Gasteiger partial charge in [-0.2, -0.15) is 9.57 Å². The molecule has 3 aromatic rings. The van der Waals surface area contributed by atoms with E-state index in [1.54, 1.807) is 0 Å². The SMILES string of the molecule is N#Cc1cnc2c(F)ccc(Cl)c2c1N1CCCN(S(=O)(=O)c2ccc(F)cc2)CC1. The summed E-state index contributed by atoms with van der Waals surface area (Å²) in [5.74, 6) is -1.07. The van der Waals surface area contributed by atoms with Gasteiger partial charge in [0.05, 0.1) is 21.2 Å². The second-order valence-electron chi connectivity index (χ2n) is 7.08. The van der Waals surface area contributed by atoms with Crippen LogP contribution in [0.25, 0.3) is 10.9 Å². The number of hydrogen-bond acceptors (Lipinski definition) is 5. The predicted molar refractivity (Wildman–Crippen MR) is 113 cm³/mol. The lowest BCUT2D eigenvalue weighted by atomic mass is 10.1. The van der Waals surface area contributed by atoms with Crippen LogP contribution in [-0.4, -0.2) is 43.9 Å². The van der Waals surface area contributed by atoms with E-state index in [4.69, 9.17) is 11.6 Å². The average Bonchev–Trinajstić information content (AvgIpc) is 3.02. The van der Waals surface area contributed by atoms with Crippen molar-refractivity contribution in [2.75, 3.05) is 31.1 Å². The smallest absolute Gasteiger partial charge is 0.243 e. The van der Waals surface area contributed by atoms with Gasteiger partial charge in [-0.1, -0.05) is 11.6 Å². The van der Waals surface area contributed by atoms with Crippen molar-refractivity contribution in [1.82, 2.24) is 9.29 Å². The Kier molecular flexibility index (Phi) is 5.79. The molecule has 0 unspecified atom stereocenters. The van der Waals surface area contributed by atoms with E-state index in [0.717, 1.165) is 12.1 Å². The molecular weight excluding hydrogens is 446 g/mol. The molecule has 0 saturated carbocycles. The summed E-state index contributed by atoms with van der Waals surface area (Å²) in [7, 11) is -3.80. The zero-order chi connectivity index (χ0) is 22.2. The predicted octanol–water partition coefficient (Wildman–Crippen LogP) is 3.94. The molecule has 2 aromatic carbocycles. The summed E-state index contributed by atoms with van der Waals surface area (Å²) >= 11 is 6.34. The van der Waals surface area contributed by atoms with Gasteiger partial charge in [-0.15, -0.1) is 0 Å². The Morgan fingerprint density at radius 3 is 2.48 bits per heavy atom. The topological polar surface area (TPSA) is 77.3 Å². The van der Waals surface area contributed by atoms with Gasteiger partial charge in [-0.05, 0) is 42.8 Å². The van der Waals surface area contributed by atoms with Crippen molar-refractivity contribution >= 4 is 38.2 Å². The number of nitriles is 1. The van der Waals surface area contributed by atoms with E-state index < -0.39 is 21.7 Å². The minimum atomic E-state index is -3.80. The van der Waals surface area contributed by atoms with E-state index in [9.17, 15) is 22.5 Å². The highest BCUT2D eigenvalue weighted by atomic mass is 35.5. The van der Waals surface area contributed by atoms with Gasteiger partial charge in [0, 0.05) is 37.8 Å². The summed E-state index contributed by atoms with van der Waals surface area (Å²) in [6.07, 6.45) is 1.77. The second kappa shape index (κ2) is 8.38. The molecule has 1 saturated heterocycles. The average molecular weight is 463 g/mol. The summed E-state index contributed by atoms with van der Waals surface area (Å²) in [5, 5.41) is 10.2. The highest BCUT2D eigenvalue weighted by molar-refractivity contribution is 7.89. The van der Waals surface area contributed by atoms with E-state index in [1.165, 1.54) is 34.8 Å². The molecule has 0 aliphatic carbocycles. The molecule has 4 rings (SSSR count).